The standard InChI is InChI=1S/C16H18FN3O/c17-12-5-3-11(4-6-12)13-10-19-20-14(7-8-18-16(13)20)15-2-1-9-21-15/h3-6,10,14-15,18H,1-2,7-9H2. The fourth-order valence-corrected chi connectivity index (χ4v) is 3.34. The molecule has 2 aliphatic heterocycles. The Morgan fingerprint density at radius 3 is 2.86 bits per heavy atom. The van der Waals surface area contributed by atoms with E-state index in [4.69, 9.17) is 4.74 Å². The Bertz CT molecular complexity index is 631. The lowest BCUT2D eigenvalue weighted by atomic mass is 10.0. The predicted octanol–water partition coefficient (Wildman–Crippen LogP) is 3.22. The zero-order chi connectivity index (χ0) is 14.2. The van der Waals surface area contributed by atoms with Crippen LogP contribution < -0.4 is 5.32 Å². The van der Waals surface area contributed by atoms with Crippen molar-refractivity contribution in [2.24, 2.45) is 0 Å². The highest BCUT2D eigenvalue weighted by Crippen LogP contribution is 2.37. The molecule has 110 valence electrons. The topological polar surface area (TPSA) is 39.1 Å². The third-order valence-electron chi connectivity index (χ3n) is 4.39. The van der Waals surface area contributed by atoms with Crippen LogP contribution in [0, 0.1) is 5.82 Å². The summed E-state index contributed by atoms with van der Waals surface area (Å²) in [7, 11) is 0. The minimum atomic E-state index is -0.218. The van der Waals surface area contributed by atoms with Crippen molar-refractivity contribution in [3.63, 3.8) is 0 Å². The highest BCUT2D eigenvalue weighted by molar-refractivity contribution is 5.75. The summed E-state index contributed by atoms with van der Waals surface area (Å²) in [5.74, 6) is 0.804. The largest absolute Gasteiger partial charge is 0.376 e. The summed E-state index contributed by atoms with van der Waals surface area (Å²) in [5, 5.41) is 7.99. The average Bonchev–Trinajstić information content (AvgIpc) is 3.17. The zero-order valence-electron chi connectivity index (χ0n) is 11.8. The first kappa shape index (κ1) is 12.8. The van der Waals surface area contributed by atoms with Crippen LogP contribution in [0.1, 0.15) is 25.3 Å². The van der Waals surface area contributed by atoms with E-state index in [1.54, 1.807) is 12.1 Å². The van der Waals surface area contributed by atoms with Gasteiger partial charge in [-0.1, -0.05) is 12.1 Å². The van der Waals surface area contributed by atoms with Crippen LogP contribution in [0.25, 0.3) is 11.1 Å². The number of aromatic nitrogens is 2. The van der Waals surface area contributed by atoms with Crippen LogP contribution in [0.2, 0.25) is 0 Å². The monoisotopic (exact) mass is 287 g/mol. The van der Waals surface area contributed by atoms with E-state index in [0.717, 1.165) is 49.4 Å². The number of hydrogen-bond acceptors (Lipinski definition) is 3. The molecule has 0 aliphatic carbocycles. The van der Waals surface area contributed by atoms with Crippen LogP contribution in [0.5, 0.6) is 0 Å². The third-order valence-corrected chi connectivity index (χ3v) is 4.39. The minimum Gasteiger partial charge on any atom is -0.376 e. The molecule has 0 radical (unpaired) electrons. The molecule has 4 nitrogen and oxygen atoms in total. The van der Waals surface area contributed by atoms with Crippen molar-refractivity contribution < 1.29 is 9.13 Å². The molecule has 0 spiro atoms. The fourth-order valence-electron chi connectivity index (χ4n) is 3.34. The number of nitrogens with one attached hydrogen (secondary N) is 1. The van der Waals surface area contributed by atoms with E-state index in [-0.39, 0.29) is 11.9 Å². The highest BCUT2D eigenvalue weighted by atomic mass is 19.1. The predicted molar refractivity (Wildman–Crippen MR) is 78.7 cm³/mol. The Morgan fingerprint density at radius 1 is 1.24 bits per heavy atom. The summed E-state index contributed by atoms with van der Waals surface area (Å²) < 4.78 is 21.0. The van der Waals surface area contributed by atoms with E-state index in [0.29, 0.717) is 6.04 Å². The molecule has 3 heterocycles. The van der Waals surface area contributed by atoms with Gasteiger partial charge >= 0.3 is 0 Å². The van der Waals surface area contributed by atoms with Gasteiger partial charge in [-0.3, -0.25) is 0 Å². The summed E-state index contributed by atoms with van der Waals surface area (Å²) >= 11 is 0. The van der Waals surface area contributed by atoms with Gasteiger partial charge in [0.05, 0.1) is 18.3 Å². The van der Waals surface area contributed by atoms with Gasteiger partial charge in [-0.25, -0.2) is 9.07 Å². The quantitative estimate of drug-likeness (QED) is 0.921. The van der Waals surface area contributed by atoms with E-state index in [1.807, 2.05) is 6.20 Å². The van der Waals surface area contributed by atoms with Crippen LogP contribution in [-0.2, 0) is 4.74 Å². The van der Waals surface area contributed by atoms with Gasteiger partial charge in [-0.2, -0.15) is 5.10 Å². The van der Waals surface area contributed by atoms with Crippen LogP contribution >= 0.6 is 0 Å². The molecule has 2 unspecified atom stereocenters. The number of nitrogens with zero attached hydrogens (tertiary/aromatic N) is 2. The Balaban J connectivity index is 1.71. The average molecular weight is 287 g/mol. The van der Waals surface area contributed by atoms with E-state index < -0.39 is 0 Å². The lowest BCUT2D eigenvalue weighted by Crippen LogP contribution is -2.31. The Labute approximate surface area is 122 Å². The minimum absolute atomic E-state index is 0.218. The van der Waals surface area contributed by atoms with Gasteiger partial charge in [0.15, 0.2) is 0 Å². The molecule has 1 N–H and O–H groups in total. The number of ether oxygens (including phenoxy) is 1. The van der Waals surface area contributed by atoms with E-state index in [1.165, 1.54) is 12.1 Å². The first-order valence-electron chi connectivity index (χ1n) is 7.52. The molecule has 0 amide bonds. The maximum atomic E-state index is 13.1. The zero-order valence-corrected chi connectivity index (χ0v) is 11.8. The van der Waals surface area contributed by atoms with Gasteiger partial charge in [0.2, 0.25) is 0 Å². The lowest BCUT2D eigenvalue weighted by Gasteiger charge is -2.30. The second kappa shape index (κ2) is 5.15. The van der Waals surface area contributed by atoms with Crippen molar-refractivity contribution >= 4 is 5.82 Å². The molecule has 2 aromatic rings. The molecule has 1 saturated heterocycles. The number of hydrogen-bond donors (Lipinski definition) is 1. The normalized spacial score (nSPS) is 24.6. The van der Waals surface area contributed by atoms with Crippen LogP contribution in [0.15, 0.2) is 30.5 Å². The van der Waals surface area contributed by atoms with Gasteiger partial charge in [0.25, 0.3) is 0 Å². The smallest absolute Gasteiger partial charge is 0.132 e. The summed E-state index contributed by atoms with van der Waals surface area (Å²) in [5.41, 5.74) is 2.01. The van der Waals surface area contributed by atoms with Gasteiger partial charge < -0.3 is 10.1 Å². The van der Waals surface area contributed by atoms with Gasteiger partial charge in [-0.15, -0.1) is 0 Å². The van der Waals surface area contributed by atoms with Crippen LogP contribution in [-0.4, -0.2) is 29.0 Å². The van der Waals surface area contributed by atoms with Gasteiger partial charge in [0.1, 0.15) is 11.6 Å². The van der Waals surface area contributed by atoms with Crippen LogP contribution in [0.4, 0.5) is 10.2 Å². The first-order valence-corrected chi connectivity index (χ1v) is 7.52. The van der Waals surface area contributed by atoms with Gasteiger partial charge in [0, 0.05) is 18.7 Å². The molecule has 0 bridgehead atoms. The van der Waals surface area contributed by atoms with E-state index in [9.17, 15) is 4.39 Å². The SMILES string of the molecule is Fc1ccc(-c2cnn3c2NCCC3C2CCCO2)cc1. The summed E-state index contributed by atoms with van der Waals surface area (Å²) in [4.78, 5) is 0. The number of benzene rings is 1. The number of rotatable bonds is 2. The molecule has 2 aliphatic rings. The number of halogens is 1. The Kier molecular flexibility index (Phi) is 3.15. The summed E-state index contributed by atoms with van der Waals surface area (Å²) in [6.07, 6.45) is 5.41. The molecular formula is C16H18FN3O. The third kappa shape index (κ3) is 2.21. The molecule has 0 saturated carbocycles. The summed E-state index contributed by atoms with van der Waals surface area (Å²) in [6, 6.07) is 6.87. The molecule has 2 atom stereocenters. The van der Waals surface area contributed by atoms with Crippen molar-refractivity contribution in [3.05, 3.63) is 36.3 Å². The van der Waals surface area contributed by atoms with Crippen molar-refractivity contribution in [3.8, 4) is 11.1 Å². The maximum Gasteiger partial charge on any atom is 0.132 e. The fraction of sp³-hybridized carbons (Fsp3) is 0.438. The summed E-state index contributed by atoms with van der Waals surface area (Å²) in [6.45, 7) is 1.78. The molecule has 1 aromatic carbocycles. The Hall–Kier alpha value is -1.88. The molecule has 1 aromatic heterocycles. The van der Waals surface area contributed by atoms with Crippen molar-refractivity contribution in [1.82, 2.24) is 9.78 Å². The van der Waals surface area contributed by atoms with Crippen molar-refractivity contribution in [1.29, 1.82) is 0 Å². The molecule has 4 rings (SSSR count). The van der Waals surface area contributed by atoms with E-state index in [2.05, 4.69) is 15.1 Å². The maximum absolute atomic E-state index is 13.1. The second-order valence-corrected chi connectivity index (χ2v) is 5.69. The number of fused-ring (bicyclic) bond motifs is 1. The van der Waals surface area contributed by atoms with Crippen molar-refractivity contribution in [2.75, 3.05) is 18.5 Å². The van der Waals surface area contributed by atoms with E-state index >= 15 is 0 Å². The van der Waals surface area contributed by atoms with Crippen molar-refractivity contribution in [2.45, 2.75) is 31.4 Å². The Morgan fingerprint density at radius 2 is 2.10 bits per heavy atom. The number of anilines is 1. The van der Waals surface area contributed by atoms with Crippen LogP contribution in [0.3, 0.4) is 0 Å². The second-order valence-electron chi connectivity index (χ2n) is 5.69. The lowest BCUT2D eigenvalue weighted by molar-refractivity contribution is 0.0592. The molecular weight excluding hydrogens is 269 g/mol. The molecule has 1 fully saturated rings. The van der Waals surface area contributed by atoms with Gasteiger partial charge in [-0.05, 0) is 37.0 Å². The highest BCUT2D eigenvalue weighted by Gasteiger charge is 2.32. The molecule has 5 heteroatoms. The first-order chi connectivity index (χ1) is 10.3. The molecule has 21 heavy (non-hydrogen) atoms.